The number of aliphatic hydroxyl groups excluding tert-OH is 1. The third kappa shape index (κ3) is 30.4. The fourth-order valence-corrected chi connectivity index (χ4v) is 14.8. The van der Waals surface area contributed by atoms with Crippen LogP contribution in [0.15, 0.2) is 97.2 Å². The molecule has 1 aromatic heterocycles. The Balaban J connectivity index is 1.29. The molecule has 118 heavy (non-hydrogen) atoms. The lowest BCUT2D eigenvalue weighted by molar-refractivity contribution is -0.137. The summed E-state index contributed by atoms with van der Waals surface area (Å²) in [5, 5.41) is 47.1. The number of thioether (sulfide) groups is 1. The first-order valence-corrected chi connectivity index (χ1v) is 40.3. The van der Waals surface area contributed by atoms with Gasteiger partial charge in [0, 0.05) is 75.3 Å². The number of ether oxygens (including phenoxy) is 1. The number of nitrogens with two attached hydrogens (primary N) is 4. The van der Waals surface area contributed by atoms with Gasteiger partial charge in [-0.1, -0.05) is 105 Å². The molecule has 1 saturated carbocycles. The number of carbonyl (C=O) groups excluding carboxylic acids is 17. The molecule has 17 amide bonds. The first-order chi connectivity index (χ1) is 56.2. The molecule has 0 radical (unpaired) electrons. The Bertz CT molecular complexity index is 4420. The number of aromatic nitrogens is 1. The van der Waals surface area contributed by atoms with Crippen LogP contribution in [0.1, 0.15) is 134 Å². The van der Waals surface area contributed by atoms with Crippen molar-refractivity contribution in [1.82, 2.24) is 74.1 Å². The summed E-state index contributed by atoms with van der Waals surface area (Å²) in [6.45, 7) is 3.09. The number of aromatic amines is 1. The molecule has 2 aliphatic rings. The van der Waals surface area contributed by atoms with E-state index in [1.807, 2.05) is 18.2 Å². The summed E-state index contributed by atoms with van der Waals surface area (Å²) >= 11 is 0.946. The Morgan fingerprint density at radius 1 is 0.551 bits per heavy atom. The van der Waals surface area contributed by atoms with Gasteiger partial charge in [-0.3, -0.25) is 81.5 Å². The van der Waals surface area contributed by atoms with Gasteiger partial charge in [0.05, 0.1) is 26.2 Å². The molecule has 12 atom stereocenters. The zero-order valence-electron chi connectivity index (χ0n) is 66.3. The number of aliphatic hydroxyl groups is 1. The Morgan fingerprint density at radius 2 is 1.12 bits per heavy atom. The standard InChI is InChI=1S/C80H108N18O19S/c1-43(99)69-80(116)96-62(38-51-40-86-54-19-11-10-18-53(51)54)78(114)91-56(27-29-65(81)102)72(108)97-64(42-118-33-31-58(88-45(3)101)73(109)90-57(74(110)98-69)28-30-66(82)103)79(115)94-60(36-47-22-25-52(117-4)26-23-47)76(112)93-61(37-48-21-24-49-16-8-9-17-50(49)34-48)77(113)92-59(35-46-14-6-5-7-15-46)75(111)89-55(20-12-13-32-85-44(2)100)71(107)95-63(39-67(83)104)70(106)87-41-68(84)105/h8-11,16-19,21-26,34,40,43,46,55-64,69,86,99H,5-7,12-15,20,27-33,35-39,41-42H2,1-4H3,(H2,81,102)(H2,82,103)(H2,83,104)(H2,84,105)(H,85,100)(H,87,106)(H,88,101)(H,89,111)(H,90,109)(H,91,114)(H,92,113)(H,93,112)(H,94,115)(H,95,107)(H,96,116)(H,97,108)(H,98,110)/t43-,55+,56+,57+,58+,59+,60+,61+,62+,63+,64+,69+/m1/s1. The quantitative estimate of drug-likeness (QED) is 0.0183. The van der Waals surface area contributed by atoms with E-state index in [-0.39, 0.29) is 69.1 Å². The number of rotatable bonds is 37. The normalized spacial score (nSPS) is 19.4. The second-order valence-corrected chi connectivity index (χ2v) is 30.6. The largest absolute Gasteiger partial charge is 0.497 e. The molecule has 38 heteroatoms. The highest BCUT2D eigenvalue weighted by Gasteiger charge is 2.40. The van der Waals surface area contributed by atoms with E-state index >= 15 is 28.8 Å². The van der Waals surface area contributed by atoms with Gasteiger partial charge < -0.3 is 107 Å². The highest BCUT2D eigenvalue weighted by Crippen LogP contribution is 2.29. The van der Waals surface area contributed by atoms with Crippen molar-refractivity contribution in [3.05, 3.63) is 114 Å². The third-order valence-corrected chi connectivity index (χ3v) is 21.1. The molecule has 37 nitrogen and oxygen atoms in total. The molecule has 0 unspecified atom stereocenters. The number of benzene rings is 4. The molecular weight excluding hydrogens is 1550 g/mol. The molecule has 638 valence electrons. The number of carbonyl (C=O) groups is 17. The van der Waals surface area contributed by atoms with Crippen molar-refractivity contribution in [3.63, 3.8) is 0 Å². The van der Waals surface area contributed by atoms with Gasteiger partial charge >= 0.3 is 0 Å². The molecule has 4 aromatic carbocycles. The Morgan fingerprint density at radius 3 is 1.75 bits per heavy atom. The van der Waals surface area contributed by atoms with Crippen LogP contribution in [-0.2, 0) is 101 Å². The molecule has 23 N–H and O–H groups in total. The van der Waals surface area contributed by atoms with Crippen LogP contribution in [0.25, 0.3) is 21.7 Å². The number of unbranched alkanes of at least 4 members (excludes halogenated alkanes) is 1. The smallest absolute Gasteiger partial charge is 0.245 e. The van der Waals surface area contributed by atoms with E-state index in [1.165, 1.54) is 14.0 Å². The van der Waals surface area contributed by atoms with Gasteiger partial charge in [-0.15, -0.1) is 0 Å². The van der Waals surface area contributed by atoms with Gasteiger partial charge in [0.15, 0.2) is 0 Å². The van der Waals surface area contributed by atoms with Crippen LogP contribution in [0.4, 0.5) is 0 Å². The van der Waals surface area contributed by atoms with Crippen molar-refractivity contribution in [1.29, 1.82) is 0 Å². The van der Waals surface area contributed by atoms with Gasteiger partial charge in [0.1, 0.15) is 72.2 Å². The van der Waals surface area contributed by atoms with Crippen LogP contribution >= 0.6 is 11.8 Å². The number of methoxy groups -OCH3 is 1. The molecule has 1 aliphatic heterocycles. The van der Waals surface area contributed by atoms with Gasteiger partial charge in [-0.2, -0.15) is 11.8 Å². The average molecular weight is 1660 g/mol. The fraction of sp³-hybridized carbons (Fsp3) is 0.487. The molecule has 2 fully saturated rings. The van der Waals surface area contributed by atoms with Crippen LogP contribution in [0, 0.1) is 5.92 Å². The third-order valence-electron chi connectivity index (χ3n) is 20.0. The summed E-state index contributed by atoms with van der Waals surface area (Å²) in [7, 11) is 1.43. The molecule has 1 aliphatic carbocycles. The maximum Gasteiger partial charge on any atom is 0.245 e. The Hall–Kier alpha value is -12.2. The number of hydrogen-bond acceptors (Lipinski definition) is 20. The van der Waals surface area contributed by atoms with E-state index < -0.39 is 211 Å². The van der Waals surface area contributed by atoms with E-state index in [4.69, 9.17) is 27.7 Å². The summed E-state index contributed by atoms with van der Waals surface area (Å²) in [6.07, 6.45) is 0.0952. The molecular formula is C80H108N18O19S. The number of hydrogen-bond donors (Lipinski definition) is 19. The van der Waals surface area contributed by atoms with Gasteiger partial charge in [-0.25, -0.2) is 0 Å². The summed E-state index contributed by atoms with van der Waals surface area (Å²) in [5.41, 5.74) is 23.9. The lowest BCUT2D eigenvalue weighted by atomic mass is 9.84. The van der Waals surface area contributed by atoms with Crippen LogP contribution in [0.5, 0.6) is 5.75 Å². The molecule has 0 bridgehead atoms. The Kier molecular flexibility index (Phi) is 36.6. The first kappa shape index (κ1) is 92.9. The van der Waals surface area contributed by atoms with Gasteiger partial charge in [-0.05, 0) is 109 Å². The minimum Gasteiger partial charge on any atom is -0.497 e. The molecule has 0 spiro atoms. The number of para-hydroxylation sites is 1. The summed E-state index contributed by atoms with van der Waals surface area (Å²) < 4.78 is 5.43. The highest BCUT2D eigenvalue weighted by molar-refractivity contribution is 7.99. The Labute approximate surface area is 685 Å². The lowest BCUT2D eigenvalue weighted by Crippen LogP contribution is -2.62. The van der Waals surface area contributed by atoms with E-state index in [9.17, 15) is 57.8 Å². The predicted molar refractivity (Wildman–Crippen MR) is 433 cm³/mol. The van der Waals surface area contributed by atoms with Crippen molar-refractivity contribution in [2.75, 3.05) is 31.7 Å². The summed E-state index contributed by atoms with van der Waals surface area (Å²) in [4.78, 5) is 240. The zero-order valence-corrected chi connectivity index (χ0v) is 67.1. The summed E-state index contributed by atoms with van der Waals surface area (Å²) in [6, 6.07) is 7.94. The number of primary amides is 4. The van der Waals surface area contributed by atoms with E-state index in [0.29, 0.717) is 52.6 Å². The van der Waals surface area contributed by atoms with Crippen LogP contribution in [-0.4, -0.2) is 215 Å². The van der Waals surface area contributed by atoms with Crippen molar-refractivity contribution < 1.29 is 91.4 Å². The number of H-pyrrole nitrogens is 1. The predicted octanol–water partition coefficient (Wildman–Crippen LogP) is -2.49. The number of nitrogens with one attached hydrogen (secondary N) is 14. The first-order valence-electron chi connectivity index (χ1n) is 39.1. The van der Waals surface area contributed by atoms with E-state index in [2.05, 4.69) is 74.1 Å². The van der Waals surface area contributed by atoms with Crippen LogP contribution < -0.4 is 96.8 Å². The average Bonchev–Trinajstić information content (AvgIpc) is 1.59. The van der Waals surface area contributed by atoms with E-state index in [0.717, 1.165) is 55.6 Å². The second kappa shape index (κ2) is 46.5. The number of fused-ring (bicyclic) bond motifs is 2. The minimum atomic E-state index is -1.88. The zero-order chi connectivity index (χ0) is 86.1. The fourth-order valence-electron chi connectivity index (χ4n) is 13.8. The van der Waals surface area contributed by atoms with Crippen molar-refractivity contribution in [2.45, 2.75) is 209 Å². The second-order valence-electron chi connectivity index (χ2n) is 29.5. The molecule has 1 saturated heterocycles. The van der Waals surface area contributed by atoms with Gasteiger partial charge in [0.25, 0.3) is 0 Å². The van der Waals surface area contributed by atoms with E-state index in [1.54, 1.807) is 79.0 Å². The number of amides is 17. The van der Waals surface area contributed by atoms with Crippen molar-refractivity contribution in [2.24, 2.45) is 28.9 Å². The van der Waals surface area contributed by atoms with Crippen LogP contribution in [0.3, 0.4) is 0 Å². The molecule has 2 heterocycles. The SMILES string of the molecule is COc1ccc(C[C@H](NC(=O)[C@@H]2CSCC[C@H](NC(C)=O)C(=O)N[C@@H](CCC(N)=O)C(=O)N[C@@H]([C@@H](C)O)C(=O)N[C@@H](Cc3c[nH]c4ccccc34)C(=O)N[C@@H](CCC(N)=O)C(=O)N2)C(=O)N[C@@H](Cc2ccc3ccccc3c2)C(=O)N[C@@H](CC2CCCCC2)C(=O)N[C@@H](CCCCNC(C)=O)C(=O)N[C@@H](CC(N)=O)C(=O)NCC(N)=O)cc1. The molecule has 5 aromatic rings. The topological polar surface area (TPSA) is 596 Å². The minimum absolute atomic E-state index is 0.0183. The van der Waals surface area contributed by atoms with Crippen LogP contribution in [0.2, 0.25) is 0 Å². The van der Waals surface area contributed by atoms with Crippen molar-refractivity contribution in [3.8, 4) is 5.75 Å². The highest BCUT2D eigenvalue weighted by atomic mass is 32.2. The van der Waals surface area contributed by atoms with Crippen molar-refractivity contribution >= 4 is 134 Å². The monoisotopic (exact) mass is 1660 g/mol. The van der Waals surface area contributed by atoms with Gasteiger partial charge in [0.2, 0.25) is 100 Å². The maximum absolute atomic E-state index is 15.7. The molecule has 7 rings (SSSR count). The summed E-state index contributed by atoms with van der Waals surface area (Å²) in [5.74, 6) is -16.3. The maximum atomic E-state index is 15.7. The lowest BCUT2D eigenvalue weighted by Gasteiger charge is -2.30.